The summed E-state index contributed by atoms with van der Waals surface area (Å²) in [6.07, 6.45) is -2.10. The average molecular weight is 305 g/mol. The van der Waals surface area contributed by atoms with Gasteiger partial charge in [-0.25, -0.2) is 0 Å². The number of alkyl halides is 3. The molecule has 1 fully saturated rings. The minimum Gasteiger partial charge on any atom is -0.393 e. The van der Waals surface area contributed by atoms with Crippen LogP contribution < -0.4 is 5.32 Å². The number of nitrogens with zero attached hydrogens (tertiary/aromatic N) is 2. The maximum atomic E-state index is 12.1. The summed E-state index contributed by atoms with van der Waals surface area (Å²) in [7, 11) is 1.72. The van der Waals surface area contributed by atoms with Gasteiger partial charge in [-0.1, -0.05) is 0 Å². The van der Waals surface area contributed by atoms with Gasteiger partial charge in [0.05, 0.1) is 24.8 Å². The fraction of sp³-hybridized carbons (Fsp3) is 0.692. The van der Waals surface area contributed by atoms with Crippen molar-refractivity contribution in [2.45, 2.75) is 44.0 Å². The highest BCUT2D eigenvalue weighted by molar-refractivity contribution is 5.76. The minimum atomic E-state index is -4.34. The summed E-state index contributed by atoms with van der Waals surface area (Å²) in [5.74, 6) is -0.610. The lowest BCUT2D eigenvalue weighted by atomic mass is 9.75. The quantitative estimate of drug-likeness (QED) is 0.870. The smallest absolute Gasteiger partial charge is 0.389 e. The van der Waals surface area contributed by atoms with E-state index < -0.39 is 37.1 Å². The van der Waals surface area contributed by atoms with Crippen molar-refractivity contribution in [3.63, 3.8) is 0 Å². The van der Waals surface area contributed by atoms with Crippen LogP contribution in [0.4, 0.5) is 13.2 Å². The van der Waals surface area contributed by atoms with Gasteiger partial charge < -0.3 is 10.4 Å². The molecule has 1 aliphatic carbocycles. The third-order valence-electron chi connectivity index (χ3n) is 3.66. The monoisotopic (exact) mass is 305 g/mol. The fourth-order valence-electron chi connectivity index (χ4n) is 2.48. The van der Waals surface area contributed by atoms with E-state index in [4.69, 9.17) is 0 Å². The predicted molar refractivity (Wildman–Crippen MR) is 68.1 cm³/mol. The molecule has 0 bridgehead atoms. The fourth-order valence-corrected chi connectivity index (χ4v) is 2.48. The van der Waals surface area contributed by atoms with Crippen LogP contribution in [0.5, 0.6) is 0 Å². The third kappa shape index (κ3) is 4.45. The molecule has 1 aromatic heterocycles. The summed E-state index contributed by atoms with van der Waals surface area (Å²) < 4.78 is 38.0. The van der Waals surface area contributed by atoms with Crippen molar-refractivity contribution in [3.8, 4) is 0 Å². The van der Waals surface area contributed by atoms with Crippen molar-refractivity contribution in [1.29, 1.82) is 0 Å². The molecule has 1 atom stereocenters. The second-order valence-corrected chi connectivity index (χ2v) is 5.49. The first kappa shape index (κ1) is 15.8. The molecular weight excluding hydrogens is 287 g/mol. The second kappa shape index (κ2) is 6.05. The molecule has 0 aromatic carbocycles. The van der Waals surface area contributed by atoms with Crippen LogP contribution in [0.15, 0.2) is 12.4 Å². The number of aryl methyl sites for hydroxylation is 1. The van der Waals surface area contributed by atoms with Crippen LogP contribution in [-0.4, -0.2) is 33.1 Å². The topological polar surface area (TPSA) is 67.2 Å². The standard InChI is InChI=1S/C13H18F3N3O2/c1-19-7-9(6-17-19)12(8-4-10(20)5-8)18-11(21)2-3-13(14,15)16/h6-8,10,12,20H,2-5H2,1H3,(H,18,21)/t8?,10?,12-/m0/s1. The van der Waals surface area contributed by atoms with E-state index in [1.54, 1.807) is 24.1 Å². The molecule has 1 saturated carbocycles. The Morgan fingerprint density at radius 1 is 1.57 bits per heavy atom. The molecule has 2 N–H and O–H groups in total. The first-order valence-electron chi connectivity index (χ1n) is 6.77. The summed E-state index contributed by atoms with van der Waals surface area (Å²) in [4.78, 5) is 11.7. The molecule has 0 radical (unpaired) electrons. The molecule has 0 spiro atoms. The molecule has 8 heteroatoms. The highest BCUT2D eigenvalue weighted by Crippen LogP contribution is 2.38. The zero-order valence-corrected chi connectivity index (χ0v) is 11.6. The number of rotatable bonds is 5. The predicted octanol–water partition coefficient (Wildman–Crippen LogP) is 1.69. The van der Waals surface area contributed by atoms with Gasteiger partial charge in [-0.05, 0) is 18.8 Å². The summed E-state index contributed by atoms with van der Waals surface area (Å²) in [6, 6.07) is -0.400. The maximum absolute atomic E-state index is 12.1. The minimum absolute atomic E-state index is 0.0269. The van der Waals surface area contributed by atoms with Crippen LogP contribution in [0.2, 0.25) is 0 Å². The zero-order valence-electron chi connectivity index (χ0n) is 11.6. The molecular formula is C13H18F3N3O2. The van der Waals surface area contributed by atoms with Crippen LogP contribution in [0.25, 0.3) is 0 Å². The van der Waals surface area contributed by atoms with E-state index in [-0.39, 0.29) is 5.92 Å². The van der Waals surface area contributed by atoms with Crippen LogP contribution in [0.3, 0.4) is 0 Å². The van der Waals surface area contributed by atoms with Gasteiger partial charge in [0.1, 0.15) is 0 Å². The Morgan fingerprint density at radius 2 is 2.24 bits per heavy atom. The van der Waals surface area contributed by atoms with Crippen LogP contribution >= 0.6 is 0 Å². The molecule has 2 rings (SSSR count). The largest absolute Gasteiger partial charge is 0.393 e. The van der Waals surface area contributed by atoms with E-state index in [0.29, 0.717) is 12.8 Å². The molecule has 0 unspecified atom stereocenters. The highest BCUT2D eigenvalue weighted by atomic mass is 19.4. The maximum Gasteiger partial charge on any atom is 0.389 e. The van der Waals surface area contributed by atoms with E-state index in [1.165, 1.54) is 0 Å². The molecule has 1 aromatic rings. The Kier molecular flexibility index (Phi) is 4.55. The average Bonchev–Trinajstić information content (AvgIpc) is 2.76. The number of carbonyl (C=O) groups is 1. The number of nitrogens with one attached hydrogen (secondary N) is 1. The van der Waals surface area contributed by atoms with Crippen LogP contribution in [0, 0.1) is 5.92 Å². The normalized spacial score (nSPS) is 23.5. The number of hydrogen-bond donors (Lipinski definition) is 2. The van der Waals surface area contributed by atoms with Crippen molar-refractivity contribution in [2.75, 3.05) is 0 Å². The number of amides is 1. The Balaban J connectivity index is 1.98. The Bertz CT molecular complexity index is 495. The number of halogens is 3. The van der Waals surface area contributed by atoms with Crippen molar-refractivity contribution in [2.24, 2.45) is 13.0 Å². The van der Waals surface area contributed by atoms with Crippen molar-refractivity contribution in [1.82, 2.24) is 15.1 Å². The van der Waals surface area contributed by atoms with E-state index >= 15 is 0 Å². The van der Waals surface area contributed by atoms with Crippen molar-refractivity contribution < 1.29 is 23.1 Å². The number of aromatic nitrogens is 2. The number of aliphatic hydroxyl groups excluding tert-OH is 1. The van der Waals surface area contributed by atoms with E-state index in [0.717, 1.165) is 5.56 Å². The van der Waals surface area contributed by atoms with Crippen LogP contribution in [-0.2, 0) is 11.8 Å². The Hall–Kier alpha value is -1.57. The SMILES string of the molecule is Cn1cc([C@@H](NC(=O)CCC(F)(F)F)C2CC(O)C2)cn1. The molecule has 1 heterocycles. The van der Waals surface area contributed by atoms with Crippen molar-refractivity contribution >= 4 is 5.91 Å². The number of hydrogen-bond acceptors (Lipinski definition) is 3. The van der Waals surface area contributed by atoms with Gasteiger partial charge in [-0.15, -0.1) is 0 Å². The van der Waals surface area contributed by atoms with Gasteiger partial charge >= 0.3 is 6.18 Å². The summed E-state index contributed by atoms with van der Waals surface area (Å²) in [6.45, 7) is 0. The lowest BCUT2D eigenvalue weighted by Gasteiger charge is -2.37. The van der Waals surface area contributed by atoms with Gasteiger partial charge in [-0.3, -0.25) is 9.48 Å². The van der Waals surface area contributed by atoms with Gasteiger partial charge in [0.15, 0.2) is 0 Å². The molecule has 0 aliphatic heterocycles. The highest BCUT2D eigenvalue weighted by Gasteiger charge is 2.36. The lowest BCUT2D eigenvalue weighted by Crippen LogP contribution is -2.41. The number of aliphatic hydroxyl groups is 1. The zero-order chi connectivity index (χ0) is 15.6. The van der Waals surface area contributed by atoms with Crippen molar-refractivity contribution in [3.05, 3.63) is 18.0 Å². The number of carbonyl (C=O) groups excluding carboxylic acids is 1. The molecule has 0 saturated heterocycles. The third-order valence-corrected chi connectivity index (χ3v) is 3.66. The van der Waals surface area contributed by atoms with Crippen LogP contribution in [0.1, 0.15) is 37.3 Å². The van der Waals surface area contributed by atoms with Gasteiger partial charge in [0.25, 0.3) is 0 Å². The van der Waals surface area contributed by atoms with E-state index in [2.05, 4.69) is 10.4 Å². The molecule has 21 heavy (non-hydrogen) atoms. The summed E-state index contributed by atoms with van der Waals surface area (Å²) in [5, 5.41) is 16.0. The first-order chi connectivity index (χ1) is 9.74. The lowest BCUT2D eigenvalue weighted by molar-refractivity contribution is -0.144. The summed E-state index contributed by atoms with van der Waals surface area (Å²) >= 11 is 0. The Morgan fingerprint density at radius 3 is 2.71 bits per heavy atom. The first-order valence-corrected chi connectivity index (χ1v) is 6.77. The van der Waals surface area contributed by atoms with Gasteiger partial charge in [-0.2, -0.15) is 18.3 Å². The van der Waals surface area contributed by atoms with Gasteiger partial charge in [0, 0.05) is 25.2 Å². The molecule has 1 aliphatic rings. The van der Waals surface area contributed by atoms with Gasteiger partial charge in [0.2, 0.25) is 5.91 Å². The molecule has 5 nitrogen and oxygen atoms in total. The van der Waals surface area contributed by atoms with E-state index in [1.807, 2.05) is 0 Å². The summed E-state index contributed by atoms with van der Waals surface area (Å²) in [5.41, 5.74) is 0.745. The molecule has 1 amide bonds. The Labute approximate surface area is 120 Å². The van der Waals surface area contributed by atoms with E-state index in [9.17, 15) is 23.1 Å². The second-order valence-electron chi connectivity index (χ2n) is 5.49. The molecule has 118 valence electrons.